The SMILES string of the molecule is CCOCC.O=C(OCC1CO1)OCC1CO1. The molecule has 2 rings (SSSR count). The highest BCUT2D eigenvalue weighted by atomic mass is 16.7. The lowest BCUT2D eigenvalue weighted by atomic mass is 10.5. The molecule has 6 nitrogen and oxygen atoms in total. The number of carbonyl (C=O) groups excluding carboxylic acids is 1. The molecule has 2 saturated heterocycles. The van der Waals surface area contributed by atoms with Crippen LogP contribution < -0.4 is 0 Å². The molecule has 0 aliphatic carbocycles. The van der Waals surface area contributed by atoms with Crippen LogP contribution in [0.1, 0.15) is 13.8 Å². The Kier molecular flexibility index (Phi) is 6.91. The fourth-order valence-corrected chi connectivity index (χ4v) is 0.896. The van der Waals surface area contributed by atoms with Gasteiger partial charge in [0, 0.05) is 13.2 Å². The van der Waals surface area contributed by atoms with E-state index in [9.17, 15) is 4.79 Å². The van der Waals surface area contributed by atoms with Gasteiger partial charge in [-0.05, 0) is 13.8 Å². The van der Waals surface area contributed by atoms with Gasteiger partial charge in [-0.3, -0.25) is 0 Å². The first-order chi connectivity index (χ1) is 8.26. The average Bonchev–Trinajstić information content (AvgIpc) is 3.18. The minimum Gasteiger partial charge on any atom is -0.431 e. The fraction of sp³-hybridized carbons (Fsp3) is 0.909. The maximum absolute atomic E-state index is 10.8. The van der Waals surface area contributed by atoms with Gasteiger partial charge in [0.15, 0.2) is 0 Å². The number of hydrogen-bond acceptors (Lipinski definition) is 6. The smallest absolute Gasteiger partial charge is 0.431 e. The quantitative estimate of drug-likeness (QED) is 0.515. The highest BCUT2D eigenvalue weighted by molar-refractivity contribution is 5.59. The van der Waals surface area contributed by atoms with E-state index in [2.05, 4.69) is 0 Å². The summed E-state index contributed by atoms with van der Waals surface area (Å²) in [6.45, 7) is 7.62. The number of epoxide rings is 2. The van der Waals surface area contributed by atoms with Gasteiger partial charge in [0.25, 0.3) is 0 Å². The van der Waals surface area contributed by atoms with Gasteiger partial charge >= 0.3 is 6.16 Å². The van der Waals surface area contributed by atoms with Crippen molar-refractivity contribution in [2.75, 3.05) is 39.6 Å². The topological polar surface area (TPSA) is 69.8 Å². The Morgan fingerprint density at radius 3 is 1.71 bits per heavy atom. The predicted octanol–water partition coefficient (Wildman–Crippen LogP) is 0.980. The third-order valence-electron chi connectivity index (χ3n) is 1.99. The standard InChI is InChI=1S/C7H10O5.C4H10O/c8-7(11-3-5-1-9-5)12-4-6-2-10-6;1-3-5-4-2/h5-6H,1-4H2;3-4H2,1-2H3. The van der Waals surface area contributed by atoms with E-state index in [0.29, 0.717) is 26.4 Å². The number of hydrogen-bond donors (Lipinski definition) is 0. The van der Waals surface area contributed by atoms with Crippen LogP contribution in [0, 0.1) is 0 Å². The first kappa shape index (κ1) is 14.2. The molecule has 0 radical (unpaired) electrons. The highest BCUT2D eigenvalue weighted by Crippen LogP contribution is 2.11. The normalized spacial score (nSPS) is 24.4. The first-order valence-electron chi connectivity index (χ1n) is 5.86. The number of rotatable bonds is 6. The van der Waals surface area contributed by atoms with E-state index in [0.717, 1.165) is 13.2 Å². The van der Waals surface area contributed by atoms with Crippen molar-refractivity contribution >= 4 is 6.16 Å². The van der Waals surface area contributed by atoms with Crippen LogP contribution in [0.25, 0.3) is 0 Å². The average molecular weight is 248 g/mol. The molecular formula is C11H20O6. The Morgan fingerprint density at radius 2 is 1.47 bits per heavy atom. The molecule has 0 aromatic rings. The molecule has 17 heavy (non-hydrogen) atoms. The van der Waals surface area contributed by atoms with Crippen molar-refractivity contribution in [3.63, 3.8) is 0 Å². The third-order valence-corrected chi connectivity index (χ3v) is 1.99. The molecule has 2 fully saturated rings. The van der Waals surface area contributed by atoms with Crippen molar-refractivity contribution in [3.05, 3.63) is 0 Å². The summed E-state index contributed by atoms with van der Waals surface area (Å²) in [5.74, 6) is 0. The largest absolute Gasteiger partial charge is 0.508 e. The van der Waals surface area contributed by atoms with E-state index >= 15 is 0 Å². The molecule has 2 atom stereocenters. The lowest BCUT2D eigenvalue weighted by molar-refractivity contribution is 0.0461. The van der Waals surface area contributed by atoms with Crippen LogP contribution in [-0.4, -0.2) is 58.0 Å². The third kappa shape index (κ3) is 8.91. The first-order valence-corrected chi connectivity index (χ1v) is 5.86. The Morgan fingerprint density at radius 1 is 1.06 bits per heavy atom. The molecule has 0 bridgehead atoms. The molecule has 2 aliphatic heterocycles. The molecule has 2 aliphatic rings. The van der Waals surface area contributed by atoms with Gasteiger partial charge in [-0.2, -0.15) is 0 Å². The van der Waals surface area contributed by atoms with Crippen molar-refractivity contribution in [2.24, 2.45) is 0 Å². The van der Waals surface area contributed by atoms with E-state index < -0.39 is 6.16 Å². The van der Waals surface area contributed by atoms with E-state index in [-0.39, 0.29) is 12.2 Å². The van der Waals surface area contributed by atoms with Crippen molar-refractivity contribution in [1.29, 1.82) is 0 Å². The molecule has 2 heterocycles. The highest BCUT2D eigenvalue weighted by Gasteiger charge is 2.27. The van der Waals surface area contributed by atoms with Crippen LogP contribution in [0.3, 0.4) is 0 Å². The minimum atomic E-state index is -0.638. The van der Waals surface area contributed by atoms with Crippen LogP contribution in [0.5, 0.6) is 0 Å². The molecule has 0 N–H and O–H groups in total. The molecule has 0 spiro atoms. The van der Waals surface area contributed by atoms with Gasteiger partial charge in [0.05, 0.1) is 13.2 Å². The maximum Gasteiger partial charge on any atom is 0.508 e. The molecule has 0 aromatic carbocycles. The van der Waals surface area contributed by atoms with Gasteiger partial charge in [-0.15, -0.1) is 0 Å². The lowest BCUT2D eigenvalue weighted by Crippen LogP contribution is -2.14. The number of ether oxygens (including phenoxy) is 5. The van der Waals surface area contributed by atoms with E-state index in [1.54, 1.807) is 0 Å². The monoisotopic (exact) mass is 248 g/mol. The summed E-state index contributed by atoms with van der Waals surface area (Å²) >= 11 is 0. The van der Waals surface area contributed by atoms with Crippen LogP contribution in [0.4, 0.5) is 4.79 Å². The molecular weight excluding hydrogens is 228 g/mol. The summed E-state index contributed by atoms with van der Waals surface area (Å²) in [5.41, 5.74) is 0. The van der Waals surface area contributed by atoms with Crippen LogP contribution in [0.15, 0.2) is 0 Å². The Bertz CT molecular complexity index is 192. The summed E-state index contributed by atoms with van der Waals surface area (Å²) in [6.07, 6.45) is -0.453. The molecule has 100 valence electrons. The van der Waals surface area contributed by atoms with Crippen LogP contribution >= 0.6 is 0 Å². The predicted molar refractivity (Wildman–Crippen MR) is 58.9 cm³/mol. The summed E-state index contributed by atoms with van der Waals surface area (Å²) in [6, 6.07) is 0. The summed E-state index contributed by atoms with van der Waals surface area (Å²) in [4.78, 5) is 10.8. The summed E-state index contributed by atoms with van der Waals surface area (Å²) < 4.78 is 23.9. The summed E-state index contributed by atoms with van der Waals surface area (Å²) in [5, 5.41) is 0. The van der Waals surface area contributed by atoms with E-state index in [4.69, 9.17) is 23.7 Å². The van der Waals surface area contributed by atoms with E-state index in [1.807, 2.05) is 13.8 Å². The Balaban J connectivity index is 0.000000249. The Labute approximate surface area is 101 Å². The Hall–Kier alpha value is -0.850. The minimum absolute atomic E-state index is 0.0923. The molecule has 0 saturated carbocycles. The van der Waals surface area contributed by atoms with Gasteiger partial charge in [0.2, 0.25) is 0 Å². The van der Waals surface area contributed by atoms with Crippen molar-refractivity contribution < 1.29 is 28.5 Å². The second-order valence-electron chi connectivity index (χ2n) is 3.56. The second kappa shape index (κ2) is 8.27. The number of carbonyl (C=O) groups is 1. The van der Waals surface area contributed by atoms with Gasteiger partial charge in [-0.25, -0.2) is 4.79 Å². The molecule has 2 unspecified atom stereocenters. The van der Waals surface area contributed by atoms with Gasteiger partial charge < -0.3 is 23.7 Å². The zero-order valence-corrected chi connectivity index (χ0v) is 10.3. The van der Waals surface area contributed by atoms with Gasteiger partial charge in [-0.1, -0.05) is 0 Å². The van der Waals surface area contributed by atoms with Crippen LogP contribution in [0.2, 0.25) is 0 Å². The van der Waals surface area contributed by atoms with Gasteiger partial charge in [0.1, 0.15) is 25.4 Å². The van der Waals surface area contributed by atoms with E-state index in [1.165, 1.54) is 0 Å². The fourth-order valence-electron chi connectivity index (χ4n) is 0.896. The summed E-state index contributed by atoms with van der Waals surface area (Å²) in [7, 11) is 0. The zero-order valence-electron chi connectivity index (χ0n) is 10.3. The zero-order chi connectivity index (χ0) is 12.5. The molecule has 6 heteroatoms. The molecule has 0 amide bonds. The van der Waals surface area contributed by atoms with Crippen LogP contribution in [-0.2, 0) is 23.7 Å². The lowest BCUT2D eigenvalue weighted by Gasteiger charge is -2.02. The maximum atomic E-state index is 10.8. The second-order valence-corrected chi connectivity index (χ2v) is 3.56. The van der Waals surface area contributed by atoms with Crippen molar-refractivity contribution in [3.8, 4) is 0 Å². The van der Waals surface area contributed by atoms with Crippen molar-refractivity contribution in [2.45, 2.75) is 26.1 Å². The molecule has 0 aromatic heterocycles. The van der Waals surface area contributed by atoms with Crippen molar-refractivity contribution in [1.82, 2.24) is 0 Å².